The number of hydrogen-bond donors (Lipinski definition) is 2. The van der Waals surface area contributed by atoms with Gasteiger partial charge in [0.25, 0.3) is 0 Å². The number of piperidine rings is 1. The van der Waals surface area contributed by atoms with E-state index in [2.05, 4.69) is 36.4 Å². The van der Waals surface area contributed by atoms with Crippen LogP contribution in [0.2, 0.25) is 0 Å². The summed E-state index contributed by atoms with van der Waals surface area (Å²) in [6.07, 6.45) is 3.47. The predicted octanol–water partition coefficient (Wildman–Crippen LogP) is 0.833. The molecule has 104 valence electrons. The van der Waals surface area contributed by atoms with Crippen LogP contribution in [-0.2, 0) is 4.79 Å². The second-order valence-corrected chi connectivity index (χ2v) is 6.53. The third-order valence-corrected chi connectivity index (χ3v) is 4.70. The fourth-order valence-electron chi connectivity index (χ4n) is 2.93. The summed E-state index contributed by atoms with van der Waals surface area (Å²) >= 11 is 0. The molecule has 0 bridgehead atoms. The number of carbonyl (C=O) groups excluding carboxylic acids is 1. The topological polar surface area (TPSA) is 44.4 Å². The number of rotatable bonds is 3. The van der Waals surface area contributed by atoms with Crippen molar-refractivity contribution in [1.82, 2.24) is 15.5 Å². The van der Waals surface area contributed by atoms with Gasteiger partial charge in [0.15, 0.2) is 0 Å². The number of nitrogens with zero attached hydrogens (tertiary/aromatic N) is 1. The Balaban J connectivity index is 1.78. The van der Waals surface area contributed by atoms with Gasteiger partial charge in [-0.25, -0.2) is 0 Å². The number of amides is 1. The number of carbonyl (C=O) groups is 1. The molecule has 2 N–H and O–H groups in total. The molecule has 2 heterocycles. The third-order valence-electron chi connectivity index (χ3n) is 4.70. The highest BCUT2D eigenvalue weighted by Gasteiger charge is 2.32. The van der Waals surface area contributed by atoms with E-state index in [1.165, 1.54) is 12.8 Å². The molecule has 0 aromatic carbocycles. The second kappa shape index (κ2) is 5.57. The van der Waals surface area contributed by atoms with E-state index in [1.54, 1.807) is 0 Å². The highest BCUT2D eigenvalue weighted by Crippen LogP contribution is 2.29. The molecule has 2 aliphatic heterocycles. The zero-order chi connectivity index (χ0) is 13.2. The molecule has 0 aromatic rings. The Kier molecular flexibility index (Phi) is 4.28. The monoisotopic (exact) mass is 253 g/mol. The summed E-state index contributed by atoms with van der Waals surface area (Å²) in [7, 11) is 2.17. The first-order valence-corrected chi connectivity index (χ1v) is 7.20. The summed E-state index contributed by atoms with van der Waals surface area (Å²) in [5.41, 5.74) is 0.282. The van der Waals surface area contributed by atoms with Gasteiger partial charge in [-0.15, -0.1) is 0 Å². The van der Waals surface area contributed by atoms with Crippen molar-refractivity contribution in [2.75, 3.05) is 33.2 Å². The highest BCUT2D eigenvalue weighted by atomic mass is 16.2. The Morgan fingerprint density at radius 2 is 2.11 bits per heavy atom. The standard InChI is InChI=1S/C14H27N3O/c1-11-4-7-15-12(11)13(18)16-10-14(2)5-8-17(3)9-6-14/h11-12,15H,4-10H2,1-3H3,(H,16,18). The van der Waals surface area contributed by atoms with Crippen LogP contribution >= 0.6 is 0 Å². The molecule has 2 aliphatic rings. The van der Waals surface area contributed by atoms with Gasteiger partial charge in [-0.2, -0.15) is 0 Å². The number of likely N-dealkylation sites (tertiary alicyclic amines) is 1. The van der Waals surface area contributed by atoms with Gasteiger partial charge in [-0.05, 0) is 57.3 Å². The Bertz CT molecular complexity index is 297. The number of hydrogen-bond acceptors (Lipinski definition) is 3. The SMILES string of the molecule is CC1CCNC1C(=O)NCC1(C)CCN(C)CC1. The third kappa shape index (κ3) is 3.23. The van der Waals surface area contributed by atoms with Crippen LogP contribution in [0, 0.1) is 11.3 Å². The largest absolute Gasteiger partial charge is 0.354 e. The van der Waals surface area contributed by atoms with E-state index in [-0.39, 0.29) is 17.4 Å². The van der Waals surface area contributed by atoms with Gasteiger partial charge in [0, 0.05) is 6.54 Å². The molecule has 2 atom stereocenters. The summed E-state index contributed by atoms with van der Waals surface area (Å²) in [5, 5.41) is 6.45. The molecular weight excluding hydrogens is 226 g/mol. The zero-order valence-electron chi connectivity index (χ0n) is 12.0. The second-order valence-electron chi connectivity index (χ2n) is 6.53. The van der Waals surface area contributed by atoms with Gasteiger partial charge in [0.2, 0.25) is 5.91 Å². The van der Waals surface area contributed by atoms with Crippen LogP contribution in [0.25, 0.3) is 0 Å². The highest BCUT2D eigenvalue weighted by molar-refractivity contribution is 5.82. The molecule has 1 amide bonds. The minimum atomic E-state index is 0.0277. The van der Waals surface area contributed by atoms with Crippen LogP contribution in [-0.4, -0.2) is 50.1 Å². The number of nitrogens with one attached hydrogen (secondary N) is 2. The smallest absolute Gasteiger partial charge is 0.237 e. The van der Waals surface area contributed by atoms with Crippen molar-refractivity contribution < 1.29 is 4.79 Å². The minimum Gasteiger partial charge on any atom is -0.354 e. The van der Waals surface area contributed by atoms with E-state index in [9.17, 15) is 4.79 Å². The summed E-state index contributed by atoms with van der Waals surface area (Å²) < 4.78 is 0. The molecule has 0 radical (unpaired) electrons. The van der Waals surface area contributed by atoms with Crippen molar-refractivity contribution in [2.45, 2.75) is 39.2 Å². The molecule has 0 spiro atoms. The first kappa shape index (κ1) is 13.8. The Morgan fingerprint density at radius 1 is 1.44 bits per heavy atom. The van der Waals surface area contributed by atoms with Crippen molar-refractivity contribution >= 4 is 5.91 Å². The normalized spacial score (nSPS) is 32.4. The van der Waals surface area contributed by atoms with Gasteiger partial charge in [0.05, 0.1) is 6.04 Å². The maximum absolute atomic E-state index is 12.1. The van der Waals surface area contributed by atoms with Crippen LogP contribution in [0.15, 0.2) is 0 Å². The molecule has 0 aliphatic carbocycles. The quantitative estimate of drug-likeness (QED) is 0.783. The van der Waals surface area contributed by atoms with E-state index in [0.29, 0.717) is 5.92 Å². The molecule has 2 saturated heterocycles. The lowest BCUT2D eigenvalue weighted by Crippen LogP contribution is -2.48. The van der Waals surface area contributed by atoms with Gasteiger partial charge in [-0.1, -0.05) is 13.8 Å². The molecule has 0 aromatic heterocycles. The molecule has 4 heteroatoms. The predicted molar refractivity (Wildman–Crippen MR) is 73.4 cm³/mol. The van der Waals surface area contributed by atoms with Crippen molar-refractivity contribution in [3.05, 3.63) is 0 Å². The summed E-state index contributed by atoms with van der Waals surface area (Å²) in [6.45, 7) is 8.54. The summed E-state index contributed by atoms with van der Waals surface area (Å²) in [4.78, 5) is 14.5. The Morgan fingerprint density at radius 3 is 2.67 bits per heavy atom. The average molecular weight is 253 g/mol. The van der Waals surface area contributed by atoms with Crippen molar-refractivity contribution in [1.29, 1.82) is 0 Å². The lowest BCUT2D eigenvalue weighted by Gasteiger charge is -2.38. The van der Waals surface area contributed by atoms with E-state index >= 15 is 0 Å². The van der Waals surface area contributed by atoms with Gasteiger partial charge >= 0.3 is 0 Å². The first-order chi connectivity index (χ1) is 8.50. The average Bonchev–Trinajstić information content (AvgIpc) is 2.77. The lowest BCUT2D eigenvalue weighted by molar-refractivity contribution is -0.124. The van der Waals surface area contributed by atoms with Crippen LogP contribution in [0.3, 0.4) is 0 Å². The van der Waals surface area contributed by atoms with E-state index < -0.39 is 0 Å². The van der Waals surface area contributed by atoms with E-state index in [1.807, 2.05) is 0 Å². The minimum absolute atomic E-state index is 0.0277. The maximum Gasteiger partial charge on any atom is 0.237 e. The van der Waals surface area contributed by atoms with Crippen molar-refractivity contribution in [3.8, 4) is 0 Å². The van der Waals surface area contributed by atoms with Crippen LogP contribution < -0.4 is 10.6 Å². The Labute approximate surface area is 110 Å². The molecular formula is C14H27N3O. The van der Waals surface area contributed by atoms with Crippen LogP contribution in [0.1, 0.15) is 33.1 Å². The molecule has 0 saturated carbocycles. The maximum atomic E-state index is 12.1. The van der Waals surface area contributed by atoms with Crippen LogP contribution in [0.4, 0.5) is 0 Å². The summed E-state index contributed by atoms with van der Waals surface area (Å²) in [5.74, 6) is 0.662. The first-order valence-electron chi connectivity index (χ1n) is 7.20. The summed E-state index contributed by atoms with van der Waals surface area (Å²) in [6, 6.07) is 0.0277. The molecule has 2 fully saturated rings. The molecule has 2 rings (SSSR count). The van der Waals surface area contributed by atoms with Crippen molar-refractivity contribution in [3.63, 3.8) is 0 Å². The van der Waals surface area contributed by atoms with Gasteiger partial charge in [-0.3, -0.25) is 4.79 Å². The molecule has 18 heavy (non-hydrogen) atoms. The fraction of sp³-hybridized carbons (Fsp3) is 0.929. The molecule has 2 unspecified atom stereocenters. The van der Waals surface area contributed by atoms with Gasteiger partial charge in [0.1, 0.15) is 0 Å². The fourth-order valence-corrected chi connectivity index (χ4v) is 2.93. The van der Waals surface area contributed by atoms with Crippen molar-refractivity contribution in [2.24, 2.45) is 11.3 Å². The van der Waals surface area contributed by atoms with E-state index in [4.69, 9.17) is 0 Å². The zero-order valence-corrected chi connectivity index (χ0v) is 12.0. The lowest BCUT2D eigenvalue weighted by atomic mass is 9.80. The molecule has 4 nitrogen and oxygen atoms in total. The van der Waals surface area contributed by atoms with E-state index in [0.717, 1.165) is 32.6 Å². The Hall–Kier alpha value is -0.610. The van der Waals surface area contributed by atoms with Crippen LogP contribution in [0.5, 0.6) is 0 Å². The van der Waals surface area contributed by atoms with Gasteiger partial charge < -0.3 is 15.5 Å².